The number of nitrogens with one attached hydrogen (secondary N) is 1. The average Bonchev–Trinajstić information content (AvgIpc) is 2.16. The van der Waals surface area contributed by atoms with Gasteiger partial charge in [0.15, 0.2) is 0 Å². The molecule has 2 unspecified atom stereocenters. The first-order chi connectivity index (χ1) is 7.31. The van der Waals surface area contributed by atoms with Gasteiger partial charge in [-0.05, 0) is 39.4 Å². The maximum Gasteiger partial charge on any atom is 0.323 e. The Hall–Kier alpha value is -0.220. The van der Waals surface area contributed by atoms with Crippen molar-refractivity contribution in [1.29, 1.82) is 0 Å². The first kappa shape index (κ1) is 15.8. The molecule has 4 heteroatoms. The number of rotatable bonds is 8. The van der Waals surface area contributed by atoms with E-state index in [1.807, 2.05) is 25.6 Å². The molecule has 0 aromatic carbocycles. The molecule has 0 saturated heterocycles. The van der Waals surface area contributed by atoms with Crippen LogP contribution in [0.1, 0.15) is 47.5 Å². The molecular formula is C12H25NO2S. The zero-order valence-electron chi connectivity index (χ0n) is 11.0. The minimum Gasteiger partial charge on any atom is -0.480 e. The first-order valence-electron chi connectivity index (χ1n) is 5.94. The largest absolute Gasteiger partial charge is 0.480 e. The van der Waals surface area contributed by atoms with Crippen molar-refractivity contribution in [3.05, 3.63) is 0 Å². The van der Waals surface area contributed by atoms with Crippen LogP contribution in [0.2, 0.25) is 0 Å². The summed E-state index contributed by atoms with van der Waals surface area (Å²) >= 11 is 1.84. The van der Waals surface area contributed by atoms with Gasteiger partial charge >= 0.3 is 5.97 Å². The number of carboxylic acid groups (broad SMARTS) is 1. The fraction of sp³-hybridized carbons (Fsp3) is 0.917. The Kier molecular flexibility index (Phi) is 7.07. The van der Waals surface area contributed by atoms with Crippen molar-refractivity contribution < 1.29 is 9.90 Å². The van der Waals surface area contributed by atoms with E-state index in [1.165, 1.54) is 0 Å². The summed E-state index contributed by atoms with van der Waals surface area (Å²) in [4.78, 5) is 11.2. The number of carbonyl (C=O) groups is 1. The van der Waals surface area contributed by atoms with E-state index in [4.69, 9.17) is 0 Å². The molecule has 2 N–H and O–H groups in total. The van der Waals surface area contributed by atoms with Gasteiger partial charge in [-0.15, -0.1) is 0 Å². The summed E-state index contributed by atoms with van der Waals surface area (Å²) in [5.41, 5.74) is -0.797. The van der Waals surface area contributed by atoms with Gasteiger partial charge in [-0.1, -0.05) is 13.8 Å². The molecule has 0 spiro atoms. The van der Waals surface area contributed by atoms with E-state index in [9.17, 15) is 9.90 Å². The summed E-state index contributed by atoms with van der Waals surface area (Å²) in [5.74, 6) is 0.128. The highest BCUT2D eigenvalue weighted by Gasteiger charge is 2.32. The fourth-order valence-electron chi connectivity index (χ4n) is 1.46. The second-order valence-electron chi connectivity index (χ2n) is 4.78. The highest BCUT2D eigenvalue weighted by Crippen LogP contribution is 2.20. The maximum absolute atomic E-state index is 11.2. The van der Waals surface area contributed by atoms with Crippen LogP contribution in [0.4, 0.5) is 0 Å². The monoisotopic (exact) mass is 247 g/mol. The van der Waals surface area contributed by atoms with Crippen molar-refractivity contribution in [3.8, 4) is 0 Å². The lowest BCUT2D eigenvalue weighted by Crippen LogP contribution is -2.52. The average molecular weight is 247 g/mol. The quantitative estimate of drug-likeness (QED) is 0.692. The third-order valence-electron chi connectivity index (χ3n) is 2.66. The Morgan fingerprint density at radius 2 is 2.00 bits per heavy atom. The van der Waals surface area contributed by atoms with Crippen LogP contribution in [-0.2, 0) is 4.79 Å². The highest BCUT2D eigenvalue weighted by atomic mass is 32.2. The third kappa shape index (κ3) is 5.75. The van der Waals surface area contributed by atoms with Crippen LogP contribution >= 0.6 is 11.8 Å². The van der Waals surface area contributed by atoms with Gasteiger partial charge in [-0.25, -0.2) is 0 Å². The van der Waals surface area contributed by atoms with E-state index in [2.05, 4.69) is 19.2 Å². The van der Waals surface area contributed by atoms with Gasteiger partial charge in [0, 0.05) is 11.3 Å². The van der Waals surface area contributed by atoms with Gasteiger partial charge in [0.1, 0.15) is 5.54 Å². The standard InChI is InChI=1S/C12H25NO2S/c1-6-10(4)16-8-7-12(5,11(14)15)13-9(2)3/h9-10,13H,6-8H2,1-5H3,(H,14,15). The number of hydrogen-bond donors (Lipinski definition) is 2. The summed E-state index contributed by atoms with van der Waals surface area (Å²) in [6.45, 7) is 10.1. The normalized spacial score (nSPS) is 17.1. The summed E-state index contributed by atoms with van der Waals surface area (Å²) in [7, 11) is 0. The van der Waals surface area contributed by atoms with Crippen LogP contribution in [0, 0.1) is 0 Å². The molecule has 3 nitrogen and oxygen atoms in total. The van der Waals surface area contributed by atoms with Crippen molar-refractivity contribution in [3.63, 3.8) is 0 Å². The Labute approximate surface area is 103 Å². The molecule has 0 amide bonds. The molecule has 0 aliphatic heterocycles. The van der Waals surface area contributed by atoms with E-state index < -0.39 is 11.5 Å². The Bertz CT molecular complexity index is 221. The Morgan fingerprint density at radius 1 is 1.44 bits per heavy atom. The number of thioether (sulfide) groups is 1. The molecular weight excluding hydrogens is 222 g/mol. The number of carboxylic acids is 1. The van der Waals surface area contributed by atoms with Gasteiger partial charge in [-0.2, -0.15) is 11.8 Å². The molecule has 0 fully saturated rings. The minimum atomic E-state index is -0.797. The summed E-state index contributed by atoms with van der Waals surface area (Å²) in [6.07, 6.45) is 1.79. The van der Waals surface area contributed by atoms with E-state index >= 15 is 0 Å². The van der Waals surface area contributed by atoms with Gasteiger partial charge < -0.3 is 5.11 Å². The smallest absolute Gasteiger partial charge is 0.323 e. The molecule has 0 aromatic heterocycles. The van der Waals surface area contributed by atoms with Crippen molar-refractivity contribution >= 4 is 17.7 Å². The van der Waals surface area contributed by atoms with Crippen molar-refractivity contribution in [2.24, 2.45) is 0 Å². The van der Waals surface area contributed by atoms with E-state index in [0.29, 0.717) is 11.7 Å². The highest BCUT2D eigenvalue weighted by molar-refractivity contribution is 7.99. The zero-order chi connectivity index (χ0) is 12.8. The van der Waals surface area contributed by atoms with Crippen LogP contribution in [0.5, 0.6) is 0 Å². The van der Waals surface area contributed by atoms with Crippen molar-refractivity contribution in [2.45, 2.75) is 64.3 Å². The predicted octanol–water partition coefficient (Wildman–Crippen LogP) is 2.75. The summed E-state index contributed by atoms with van der Waals surface area (Å²) in [6, 6.07) is 0.190. The van der Waals surface area contributed by atoms with Crippen molar-refractivity contribution in [2.75, 3.05) is 5.75 Å². The molecule has 0 aliphatic carbocycles. The van der Waals surface area contributed by atoms with Gasteiger partial charge in [0.2, 0.25) is 0 Å². The van der Waals surface area contributed by atoms with Crippen LogP contribution in [0.15, 0.2) is 0 Å². The summed E-state index contributed by atoms with van der Waals surface area (Å²) in [5, 5.41) is 13.0. The molecule has 0 aliphatic rings. The van der Waals surface area contributed by atoms with Crippen LogP contribution in [-0.4, -0.2) is 33.7 Å². The van der Waals surface area contributed by atoms with Crippen LogP contribution in [0.25, 0.3) is 0 Å². The zero-order valence-corrected chi connectivity index (χ0v) is 11.9. The minimum absolute atomic E-state index is 0.190. The molecule has 0 saturated carbocycles. The maximum atomic E-state index is 11.2. The second kappa shape index (κ2) is 7.17. The molecule has 0 rings (SSSR count). The first-order valence-corrected chi connectivity index (χ1v) is 6.99. The predicted molar refractivity (Wildman–Crippen MR) is 71.1 cm³/mol. The van der Waals surface area contributed by atoms with Crippen molar-refractivity contribution in [1.82, 2.24) is 5.32 Å². The molecule has 2 atom stereocenters. The van der Waals surface area contributed by atoms with E-state index in [-0.39, 0.29) is 6.04 Å². The Morgan fingerprint density at radius 3 is 2.38 bits per heavy atom. The lowest BCUT2D eigenvalue weighted by Gasteiger charge is -2.28. The molecule has 0 heterocycles. The number of hydrogen-bond acceptors (Lipinski definition) is 3. The van der Waals surface area contributed by atoms with Gasteiger partial charge in [0.05, 0.1) is 0 Å². The van der Waals surface area contributed by atoms with Crippen LogP contribution < -0.4 is 5.32 Å². The lowest BCUT2D eigenvalue weighted by atomic mass is 9.98. The van der Waals surface area contributed by atoms with E-state index in [1.54, 1.807) is 6.92 Å². The van der Waals surface area contributed by atoms with Gasteiger partial charge in [-0.3, -0.25) is 10.1 Å². The molecule has 0 bridgehead atoms. The molecule has 0 aromatic rings. The molecule has 0 radical (unpaired) electrons. The Balaban J connectivity index is 4.18. The van der Waals surface area contributed by atoms with Crippen LogP contribution in [0.3, 0.4) is 0 Å². The fourth-order valence-corrected chi connectivity index (χ4v) is 2.62. The van der Waals surface area contributed by atoms with E-state index in [0.717, 1.165) is 12.2 Å². The molecule has 96 valence electrons. The lowest BCUT2D eigenvalue weighted by molar-refractivity contribution is -0.144. The topological polar surface area (TPSA) is 49.3 Å². The second-order valence-corrected chi connectivity index (χ2v) is 6.32. The third-order valence-corrected chi connectivity index (χ3v) is 4.00. The molecule has 16 heavy (non-hydrogen) atoms. The van der Waals surface area contributed by atoms with Gasteiger partial charge in [0.25, 0.3) is 0 Å². The number of aliphatic carboxylic acids is 1. The SMILES string of the molecule is CCC(C)SCCC(C)(NC(C)C)C(=O)O. The summed E-state index contributed by atoms with van der Waals surface area (Å²) < 4.78 is 0.